The second-order valence-corrected chi connectivity index (χ2v) is 5.71. The third-order valence-electron chi connectivity index (χ3n) is 3.61. The van der Waals surface area contributed by atoms with E-state index < -0.39 is 0 Å². The number of nitriles is 1. The molecule has 3 heteroatoms. The van der Waals surface area contributed by atoms with Crippen molar-refractivity contribution in [1.29, 1.82) is 5.26 Å². The van der Waals surface area contributed by atoms with Gasteiger partial charge >= 0.3 is 0 Å². The van der Waals surface area contributed by atoms with Gasteiger partial charge in [0.1, 0.15) is 5.82 Å². The molecule has 0 bridgehead atoms. The van der Waals surface area contributed by atoms with Crippen molar-refractivity contribution in [1.82, 2.24) is 4.90 Å². The molecule has 0 fully saturated rings. The lowest BCUT2D eigenvalue weighted by Gasteiger charge is -2.32. The Balaban J connectivity index is 2.91. The molecule has 1 rings (SSSR count). The summed E-state index contributed by atoms with van der Waals surface area (Å²) in [6.45, 7) is 10.3. The number of nitrogens with zero attached hydrogens (tertiary/aromatic N) is 2. The molecule has 0 saturated heterocycles. The molecule has 0 amide bonds. The Morgan fingerprint density at radius 2 is 1.90 bits per heavy atom. The zero-order valence-electron chi connectivity index (χ0n) is 13.0. The Morgan fingerprint density at radius 1 is 1.25 bits per heavy atom. The summed E-state index contributed by atoms with van der Waals surface area (Å²) in [5.74, 6) is 0.279. The van der Waals surface area contributed by atoms with E-state index in [2.05, 4.69) is 32.6 Å². The summed E-state index contributed by atoms with van der Waals surface area (Å²) in [5, 5.41) is 8.79. The molecule has 0 saturated carbocycles. The first-order valence-corrected chi connectivity index (χ1v) is 7.44. The molecule has 0 atom stereocenters. The van der Waals surface area contributed by atoms with Crippen LogP contribution >= 0.6 is 0 Å². The summed E-state index contributed by atoms with van der Waals surface area (Å²) >= 11 is 0. The first-order chi connectivity index (χ1) is 9.51. The van der Waals surface area contributed by atoms with Crippen molar-refractivity contribution in [3.8, 4) is 6.07 Å². The normalized spacial score (nSPS) is 11.3. The van der Waals surface area contributed by atoms with Gasteiger partial charge in [-0.25, -0.2) is 4.39 Å². The maximum absolute atomic E-state index is 14.0. The van der Waals surface area contributed by atoms with Crippen LogP contribution in [0.25, 0.3) is 0 Å². The van der Waals surface area contributed by atoms with Crippen molar-refractivity contribution in [3.05, 3.63) is 35.1 Å². The highest BCUT2D eigenvalue weighted by Crippen LogP contribution is 2.18. The zero-order valence-corrected chi connectivity index (χ0v) is 13.0. The summed E-state index contributed by atoms with van der Waals surface area (Å²) in [6.07, 6.45) is 2.14. The zero-order chi connectivity index (χ0) is 15.1. The van der Waals surface area contributed by atoms with Crippen LogP contribution in [0.4, 0.5) is 4.39 Å². The number of hydrogen-bond donors (Lipinski definition) is 0. The Labute approximate surface area is 122 Å². The maximum atomic E-state index is 14.0. The molecule has 110 valence electrons. The topological polar surface area (TPSA) is 27.0 Å². The van der Waals surface area contributed by atoms with Gasteiger partial charge in [-0.3, -0.25) is 4.90 Å². The molecule has 0 aromatic heterocycles. The van der Waals surface area contributed by atoms with Crippen LogP contribution in [0.5, 0.6) is 0 Å². The SMILES string of the molecule is CCC(CC)N(Cc1ccc(C#N)cc1F)CC(C)C. The number of benzene rings is 1. The third-order valence-corrected chi connectivity index (χ3v) is 3.61. The van der Waals surface area contributed by atoms with Crippen LogP contribution < -0.4 is 0 Å². The lowest BCUT2D eigenvalue weighted by molar-refractivity contribution is 0.155. The van der Waals surface area contributed by atoms with Crippen LogP contribution in [0.15, 0.2) is 18.2 Å². The number of hydrogen-bond acceptors (Lipinski definition) is 2. The average molecular weight is 276 g/mol. The minimum absolute atomic E-state index is 0.274. The molecule has 2 nitrogen and oxygen atoms in total. The molecule has 0 aliphatic carbocycles. The minimum atomic E-state index is -0.274. The predicted octanol–water partition coefficient (Wildman–Crippen LogP) is 4.34. The molecular weight excluding hydrogens is 251 g/mol. The van der Waals surface area contributed by atoms with Crippen molar-refractivity contribution in [2.75, 3.05) is 6.54 Å². The first-order valence-electron chi connectivity index (χ1n) is 7.44. The summed E-state index contributed by atoms with van der Waals surface area (Å²) < 4.78 is 14.0. The highest BCUT2D eigenvalue weighted by atomic mass is 19.1. The van der Waals surface area contributed by atoms with Crippen molar-refractivity contribution in [3.63, 3.8) is 0 Å². The van der Waals surface area contributed by atoms with E-state index in [9.17, 15) is 4.39 Å². The van der Waals surface area contributed by atoms with Crippen LogP contribution in [-0.4, -0.2) is 17.5 Å². The van der Waals surface area contributed by atoms with Crippen molar-refractivity contribution < 1.29 is 4.39 Å². The standard InChI is InChI=1S/C17H25FN2/c1-5-16(6-2)20(11-13(3)4)12-15-8-7-14(10-19)9-17(15)18/h7-9,13,16H,5-6,11-12H2,1-4H3. The second-order valence-electron chi connectivity index (χ2n) is 5.71. The summed E-state index contributed by atoms with van der Waals surface area (Å²) in [4.78, 5) is 2.36. The van der Waals surface area contributed by atoms with Crippen molar-refractivity contribution >= 4 is 0 Å². The highest BCUT2D eigenvalue weighted by Gasteiger charge is 2.18. The van der Waals surface area contributed by atoms with E-state index in [1.165, 1.54) is 6.07 Å². The summed E-state index contributed by atoms with van der Waals surface area (Å²) in [6, 6.07) is 7.21. The molecule has 0 aliphatic heterocycles. The van der Waals surface area contributed by atoms with E-state index in [1.54, 1.807) is 12.1 Å². The minimum Gasteiger partial charge on any atom is -0.296 e. The van der Waals surface area contributed by atoms with E-state index in [0.29, 0.717) is 29.6 Å². The van der Waals surface area contributed by atoms with E-state index >= 15 is 0 Å². The van der Waals surface area contributed by atoms with E-state index in [0.717, 1.165) is 19.4 Å². The van der Waals surface area contributed by atoms with Gasteiger partial charge in [0.05, 0.1) is 11.6 Å². The van der Waals surface area contributed by atoms with Crippen LogP contribution in [-0.2, 0) is 6.54 Å². The molecule has 1 aromatic carbocycles. The molecule has 0 radical (unpaired) electrons. The van der Waals surface area contributed by atoms with Crippen molar-refractivity contribution in [2.24, 2.45) is 5.92 Å². The van der Waals surface area contributed by atoms with Crippen LogP contribution in [0.2, 0.25) is 0 Å². The fraction of sp³-hybridized carbons (Fsp3) is 0.588. The van der Waals surface area contributed by atoms with Crippen LogP contribution in [0.3, 0.4) is 0 Å². The molecule has 20 heavy (non-hydrogen) atoms. The second kappa shape index (κ2) is 8.01. The van der Waals surface area contributed by atoms with Gasteiger partial charge in [-0.1, -0.05) is 33.8 Å². The lowest BCUT2D eigenvalue weighted by atomic mass is 10.0. The smallest absolute Gasteiger partial charge is 0.129 e. The summed E-state index contributed by atoms with van der Waals surface area (Å²) in [5.41, 5.74) is 1.06. The predicted molar refractivity (Wildman–Crippen MR) is 80.7 cm³/mol. The molecule has 0 aliphatic rings. The fourth-order valence-electron chi connectivity index (χ4n) is 2.58. The van der Waals surface area contributed by atoms with Gasteiger partial charge < -0.3 is 0 Å². The quantitative estimate of drug-likeness (QED) is 0.740. The van der Waals surface area contributed by atoms with Crippen LogP contribution in [0.1, 0.15) is 51.7 Å². The van der Waals surface area contributed by atoms with Gasteiger partial charge in [0.15, 0.2) is 0 Å². The molecule has 0 heterocycles. The van der Waals surface area contributed by atoms with Gasteiger partial charge in [-0.2, -0.15) is 5.26 Å². The largest absolute Gasteiger partial charge is 0.296 e. The van der Waals surface area contributed by atoms with Gasteiger partial charge in [-0.15, -0.1) is 0 Å². The van der Waals surface area contributed by atoms with E-state index in [4.69, 9.17) is 5.26 Å². The average Bonchev–Trinajstić information content (AvgIpc) is 2.41. The van der Waals surface area contributed by atoms with Gasteiger partial charge in [0.25, 0.3) is 0 Å². The molecule has 0 N–H and O–H groups in total. The molecule has 0 spiro atoms. The molecule has 1 aromatic rings. The lowest BCUT2D eigenvalue weighted by Crippen LogP contribution is -2.37. The fourth-order valence-corrected chi connectivity index (χ4v) is 2.58. The van der Waals surface area contributed by atoms with Crippen LogP contribution in [0, 0.1) is 23.1 Å². The van der Waals surface area contributed by atoms with Gasteiger partial charge in [0.2, 0.25) is 0 Å². The van der Waals surface area contributed by atoms with E-state index in [-0.39, 0.29) is 5.82 Å². The Morgan fingerprint density at radius 3 is 2.35 bits per heavy atom. The van der Waals surface area contributed by atoms with E-state index in [1.807, 2.05) is 6.07 Å². The third kappa shape index (κ3) is 4.61. The van der Waals surface area contributed by atoms with Gasteiger partial charge in [-0.05, 0) is 30.9 Å². The maximum Gasteiger partial charge on any atom is 0.129 e. The highest BCUT2D eigenvalue weighted by molar-refractivity contribution is 5.32. The first kappa shape index (κ1) is 16.7. The number of halogens is 1. The Kier molecular flexibility index (Phi) is 6.67. The van der Waals surface area contributed by atoms with Crippen molar-refractivity contribution in [2.45, 2.75) is 53.1 Å². The Bertz CT molecular complexity index is 459. The molecular formula is C17H25FN2. The monoisotopic (exact) mass is 276 g/mol. The van der Waals surface area contributed by atoms with Gasteiger partial charge in [0, 0.05) is 24.7 Å². The Hall–Kier alpha value is -1.40. The molecule has 0 unspecified atom stereocenters. The number of rotatable bonds is 7. The summed E-state index contributed by atoms with van der Waals surface area (Å²) in [7, 11) is 0.